The molecule has 0 amide bonds. The summed E-state index contributed by atoms with van der Waals surface area (Å²) in [6.07, 6.45) is 22.8. The normalized spacial score (nSPS) is 40.8. The fourth-order valence-corrected chi connectivity index (χ4v) is 6.34. The molecule has 3 fully saturated rings. The first kappa shape index (κ1) is 18.2. The molecule has 3 aliphatic rings. The first-order valence-corrected chi connectivity index (χ1v) is 10.9. The van der Waals surface area contributed by atoms with Gasteiger partial charge < -0.3 is 4.79 Å². The minimum absolute atomic E-state index is 0.380. The Balaban J connectivity index is 1.47. The van der Waals surface area contributed by atoms with E-state index < -0.39 is 0 Å². The lowest BCUT2D eigenvalue weighted by atomic mass is 9.63. The summed E-state index contributed by atoms with van der Waals surface area (Å²) in [6.45, 7) is 3.93. The van der Waals surface area contributed by atoms with Gasteiger partial charge in [-0.1, -0.05) is 25.3 Å². The zero-order valence-corrected chi connectivity index (χ0v) is 15.6. The number of hydrogen-bond acceptors (Lipinski definition) is 1. The molecule has 0 spiro atoms. The summed E-state index contributed by atoms with van der Waals surface area (Å²) in [4.78, 5) is 11.0. The summed E-state index contributed by atoms with van der Waals surface area (Å²) < 4.78 is 0. The summed E-state index contributed by atoms with van der Waals surface area (Å²) in [5.74, 6) is 5.31. The van der Waals surface area contributed by atoms with E-state index in [9.17, 15) is 4.79 Å². The lowest BCUT2D eigenvalue weighted by Gasteiger charge is -2.43. The number of carbonyl (C=O) groups is 1. The topological polar surface area (TPSA) is 17.1 Å². The van der Waals surface area contributed by atoms with Crippen molar-refractivity contribution < 1.29 is 4.79 Å². The lowest BCUT2D eigenvalue weighted by Crippen LogP contribution is -2.32. The molecule has 0 saturated heterocycles. The van der Waals surface area contributed by atoms with Gasteiger partial charge in [-0.05, 0) is 100 Å². The molecular formula is C23H38O. The SMILES string of the molecule is C=CCCC1CCCCC1C1CCC(C2CCC(C=O)CC2)CC1. The molecule has 3 rings (SSSR count). The molecule has 2 atom stereocenters. The van der Waals surface area contributed by atoms with E-state index in [0.29, 0.717) is 5.92 Å². The van der Waals surface area contributed by atoms with Gasteiger partial charge in [0, 0.05) is 5.92 Å². The van der Waals surface area contributed by atoms with Gasteiger partial charge in [0.2, 0.25) is 0 Å². The minimum Gasteiger partial charge on any atom is -0.303 e. The average molecular weight is 331 g/mol. The highest BCUT2D eigenvalue weighted by atomic mass is 16.1. The van der Waals surface area contributed by atoms with Crippen molar-refractivity contribution in [3.8, 4) is 0 Å². The number of aldehydes is 1. The zero-order valence-electron chi connectivity index (χ0n) is 15.6. The van der Waals surface area contributed by atoms with Crippen LogP contribution in [0.4, 0.5) is 0 Å². The highest BCUT2D eigenvalue weighted by molar-refractivity contribution is 5.53. The van der Waals surface area contributed by atoms with Crippen LogP contribution in [0.1, 0.15) is 89.9 Å². The van der Waals surface area contributed by atoms with Crippen LogP contribution < -0.4 is 0 Å². The molecule has 3 saturated carbocycles. The highest BCUT2D eigenvalue weighted by Gasteiger charge is 2.36. The third kappa shape index (κ3) is 4.52. The van der Waals surface area contributed by atoms with Crippen molar-refractivity contribution in [2.75, 3.05) is 0 Å². The molecule has 0 bridgehead atoms. The van der Waals surface area contributed by atoms with Gasteiger partial charge in [0.15, 0.2) is 0 Å². The molecule has 0 heterocycles. The van der Waals surface area contributed by atoms with Crippen molar-refractivity contribution in [2.24, 2.45) is 35.5 Å². The van der Waals surface area contributed by atoms with Gasteiger partial charge in [-0.3, -0.25) is 0 Å². The second kappa shape index (κ2) is 9.20. The van der Waals surface area contributed by atoms with Crippen LogP contribution in [0.5, 0.6) is 0 Å². The van der Waals surface area contributed by atoms with Gasteiger partial charge in [0.25, 0.3) is 0 Å². The maximum atomic E-state index is 11.0. The van der Waals surface area contributed by atoms with E-state index in [4.69, 9.17) is 0 Å². The van der Waals surface area contributed by atoms with Crippen LogP contribution in [-0.4, -0.2) is 6.29 Å². The number of hydrogen-bond donors (Lipinski definition) is 0. The third-order valence-corrected chi connectivity index (χ3v) is 7.81. The van der Waals surface area contributed by atoms with Crippen LogP contribution in [0.2, 0.25) is 0 Å². The zero-order chi connectivity index (χ0) is 16.8. The Morgan fingerprint density at radius 3 is 1.96 bits per heavy atom. The summed E-state index contributed by atoms with van der Waals surface area (Å²) in [6, 6.07) is 0. The average Bonchev–Trinajstić information content (AvgIpc) is 2.67. The minimum atomic E-state index is 0.380. The maximum absolute atomic E-state index is 11.0. The highest BCUT2D eigenvalue weighted by Crippen LogP contribution is 2.47. The smallest absolute Gasteiger partial charge is 0.123 e. The molecule has 0 aliphatic heterocycles. The number of allylic oxidation sites excluding steroid dienone is 1. The second-order valence-electron chi connectivity index (χ2n) is 9.06. The predicted molar refractivity (Wildman–Crippen MR) is 102 cm³/mol. The van der Waals surface area contributed by atoms with Crippen molar-refractivity contribution in [2.45, 2.75) is 89.9 Å². The van der Waals surface area contributed by atoms with Gasteiger partial charge in [-0.25, -0.2) is 0 Å². The van der Waals surface area contributed by atoms with Gasteiger partial charge >= 0.3 is 0 Å². The van der Waals surface area contributed by atoms with Crippen molar-refractivity contribution in [1.29, 1.82) is 0 Å². The second-order valence-corrected chi connectivity index (χ2v) is 9.06. The molecule has 2 unspecified atom stereocenters. The van der Waals surface area contributed by atoms with E-state index in [1.165, 1.54) is 96.2 Å². The predicted octanol–water partition coefficient (Wildman–Crippen LogP) is 6.57. The molecule has 0 N–H and O–H groups in total. The van der Waals surface area contributed by atoms with Crippen LogP contribution in [0, 0.1) is 35.5 Å². The van der Waals surface area contributed by atoms with Gasteiger partial charge in [0.1, 0.15) is 6.29 Å². The molecule has 0 radical (unpaired) electrons. The van der Waals surface area contributed by atoms with Crippen molar-refractivity contribution in [1.82, 2.24) is 0 Å². The lowest BCUT2D eigenvalue weighted by molar-refractivity contribution is -0.112. The molecule has 0 aromatic carbocycles. The summed E-state index contributed by atoms with van der Waals surface area (Å²) >= 11 is 0. The van der Waals surface area contributed by atoms with E-state index in [1.54, 1.807) is 0 Å². The van der Waals surface area contributed by atoms with Crippen molar-refractivity contribution in [3.63, 3.8) is 0 Å². The van der Waals surface area contributed by atoms with E-state index in [0.717, 1.165) is 29.6 Å². The largest absolute Gasteiger partial charge is 0.303 e. The van der Waals surface area contributed by atoms with Gasteiger partial charge in [-0.2, -0.15) is 0 Å². The molecule has 1 heteroatoms. The molecule has 0 aromatic heterocycles. The summed E-state index contributed by atoms with van der Waals surface area (Å²) in [5, 5.41) is 0. The molecule has 24 heavy (non-hydrogen) atoms. The molecule has 0 aromatic rings. The van der Waals surface area contributed by atoms with Crippen LogP contribution in [0.25, 0.3) is 0 Å². The Kier molecular flexibility index (Phi) is 6.98. The standard InChI is InChI=1S/C23H38O/c1-2-3-6-21-7-4-5-8-23(21)22-15-13-20(14-16-22)19-11-9-18(17-24)10-12-19/h2,17-23H,1,3-16H2. The maximum Gasteiger partial charge on any atom is 0.123 e. The monoisotopic (exact) mass is 330 g/mol. The number of carbonyl (C=O) groups excluding carboxylic acids is 1. The van der Waals surface area contributed by atoms with Crippen LogP contribution in [0.3, 0.4) is 0 Å². The molecule has 136 valence electrons. The van der Waals surface area contributed by atoms with Gasteiger partial charge in [-0.15, -0.1) is 6.58 Å². The Labute approximate surface area is 149 Å². The van der Waals surface area contributed by atoms with Crippen LogP contribution >= 0.6 is 0 Å². The summed E-state index contributed by atoms with van der Waals surface area (Å²) in [5.41, 5.74) is 0. The number of rotatable bonds is 6. The van der Waals surface area contributed by atoms with Crippen LogP contribution in [-0.2, 0) is 4.79 Å². The Hall–Kier alpha value is -0.590. The molecular weight excluding hydrogens is 292 g/mol. The molecule has 3 aliphatic carbocycles. The fourth-order valence-electron chi connectivity index (χ4n) is 6.34. The van der Waals surface area contributed by atoms with Crippen molar-refractivity contribution >= 4 is 6.29 Å². The Bertz CT molecular complexity index is 385. The van der Waals surface area contributed by atoms with E-state index >= 15 is 0 Å². The third-order valence-electron chi connectivity index (χ3n) is 7.81. The van der Waals surface area contributed by atoms with E-state index in [1.807, 2.05) is 0 Å². The van der Waals surface area contributed by atoms with Gasteiger partial charge in [0.05, 0.1) is 0 Å². The summed E-state index contributed by atoms with van der Waals surface area (Å²) in [7, 11) is 0. The van der Waals surface area contributed by atoms with Crippen molar-refractivity contribution in [3.05, 3.63) is 12.7 Å². The fraction of sp³-hybridized carbons (Fsp3) is 0.870. The first-order chi connectivity index (χ1) is 11.8. The Morgan fingerprint density at radius 1 is 0.750 bits per heavy atom. The Morgan fingerprint density at radius 2 is 1.33 bits per heavy atom. The van der Waals surface area contributed by atoms with E-state index in [-0.39, 0.29) is 0 Å². The molecule has 1 nitrogen and oxygen atoms in total. The quantitative estimate of drug-likeness (QED) is 0.397. The first-order valence-electron chi connectivity index (χ1n) is 10.9. The van der Waals surface area contributed by atoms with Crippen LogP contribution in [0.15, 0.2) is 12.7 Å². The van der Waals surface area contributed by atoms with E-state index in [2.05, 4.69) is 12.7 Å².